The molecule has 0 unspecified atom stereocenters. The number of carbonyl (C=O) groups is 1. The third kappa shape index (κ3) is 1.53. The number of aromatic carboxylic acids is 1. The van der Waals surface area contributed by atoms with Gasteiger partial charge in [-0.25, -0.2) is 4.79 Å². The number of aromatic nitrogens is 1. The Balaban J connectivity index is 2.47. The first-order chi connectivity index (χ1) is 8.59. The van der Waals surface area contributed by atoms with E-state index >= 15 is 0 Å². The highest BCUT2D eigenvalue weighted by atomic mass is 16.4. The van der Waals surface area contributed by atoms with E-state index in [1.54, 1.807) is 12.1 Å². The molecular formula is C14H12NO3. The molecule has 1 N–H and O–H groups in total. The van der Waals surface area contributed by atoms with Crippen molar-refractivity contribution in [3.8, 4) is 0 Å². The molecule has 2 aromatic rings. The van der Waals surface area contributed by atoms with Crippen LogP contribution >= 0.6 is 0 Å². The van der Waals surface area contributed by atoms with Gasteiger partial charge < -0.3 is 9.67 Å². The Morgan fingerprint density at radius 2 is 2.22 bits per heavy atom. The van der Waals surface area contributed by atoms with Crippen molar-refractivity contribution in [2.24, 2.45) is 0 Å². The Bertz CT molecular complexity index is 711. The van der Waals surface area contributed by atoms with Gasteiger partial charge in [-0.3, -0.25) is 4.79 Å². The van der Waals surface area contributed by atoms with Gasteiger partial charge in [-0.05, 0) is 37.5 Å². The molecule has 1 fully saturated rings. The van der Waals surface area contributed by atoms with Crippen LogP contribution in [0.1, 0.15) is 34.8 Å². The Kier molecular flexibility index (Phi) is 2.26. The highest BCUT2D eigenvalue weighted by Gasteiger charge is 2.27. The Morgan fingerprint density at radius 3 is 2.83 bits per heavy atom. The van der Waals surface area contributed by atoms with Crippen LogP contribution < -0.4 is 5.43 Å². The van der Waals surface area contributed by atoms with Crippen molar-refractivity contribution in [1.29, 1.82) is 0 Å². The van der Waals surface area contributed by atoms with Crippen molar-refractivity contribution >= 4 is 16.9 Å². The predicted octanol–water partition coefficient (Wildman–Crippen LogP) is 2.14. The third-order valence-corrected chi connectivity index (χ3v) is 3.35. The maximum absolute atomic E-state index is 12.1. The number of hydrogen-bond donors (Lipinski definition) is 1. The molecule has 4 heteroatoms. The molecule has 0 atom stereocenters. The summed E-state index contributed by atoms with van der Waals surface area (Å²) in [6, 6.07) is 6.70. The van der Waals surface area contributed by atoms with E-state index in [4.69, 9.17) is 5.11 Å². The van der Waals surface area contributed by atoms with Gasteiger partial charge in [-0.2, -0.15) is 0 Å². The predicted molar refractivity (Wildman–Crippen MR) is 67.0 cm³/mol. The van der Waals surface area contributed by atoms with Crippen LogP contribution in [0.25, 0.3) is 10.9 Å². The molecular weight excluding hydrogens is 230 g/mol. The molecule has 1 aliphatic rings. The summed E-state index contributed by atoms with van der Waals surface area (Å²) in [5.74, 6) is -1.17. The van der Waals surface area contributed by atoms with Crippen LogP contribution in [0.2, 0.25) is 0 Å². The summed E-state index contributed by atoms with van der Waals surface area (Å²) >= 11 is 0. The smallest absolute Gasteiger partial charge is 0.341 e. The van der Waals surface area contributed by atoms with Crippen molar-refractivity contribution in [3.05, 3.63) is 45.7 Å². The Hall–Kier alpha value is -2.10. The zero-order valence-corrected chi connectivity index (χ0v) is 9.93. The van der Waals surface area contributed by atoms with E-state index < -0.39 is 11.4 Å². The van der Waals surface area contributed by atoms with E-state index in [2.05, 4.69) is 6.07 Å². The average Bonchev–Trinajstić information content (AvgIpc) is 3.14. The van der Waals surface area contributed by atoms with Gasteiger partial charge in [0.05, 0.1) is 5.52 Å². The number of pyridine rings is 1. The number of nitrogens with zero attached hydrogens (tertiary/aromatic N) is 1. The topological polar surface area (TPSA) is 59.3 Å². The molecule has 1 radical (unpaired) electrons. The van der Waals surface area contributed by atoms with E-state index in [0.29, 0.717) is 11.4 Å². The monoisotopic (exact) mass is 242 g/mol. The minimum Gasteiger partial charge on any atom is -0.477 e. The van der Waals surface area contributed by atoms with Gasteiger partial charge in [-0.1, -0.05) is 6.07 Å². The summed E-state index contributed by atoms with van der Waals surface area (Å²) in [5, 5.41) is 9.57. The summed E-state index contributed by atoms with van der Waals surface area (Å²) < 4.78 is 1.92. The fourth-order valence-corrected chi connectivity index (χ4v) is 2.32. The number of carboxylic acids is 1. The van der Waals surface area contributed by atoms with Crippen LogP contribution in [0.3, 0.4) is 0 Å². The quantitative estimate of drug-likeness (QED) is 0.877. The van der Waals surface area contributed by atoms with E-state index in [1.807, 2.05) is 11.5 Å². The number of aryl methyl sites for hydroxylation is 1. The van der Waals surface area contributed by atoms with Crippen LogP contribution in [0.5, 0.6) is 0 Å². The fourth-order valence-electron chi connectivity index (χ4n) is 2.32. The van der Waals surface area contributed by atoms with Crippen LogP contribution in [0, 0.1) is 13.0 Å². The van der Waals surface area contributed by atoms with Crippen molar-refractivity contribution in [2.75, 3.05) is 0 Å². The molecule has 0 bridgehead atoms. The van der Waals surface area contributed by atoms with Gasteiger partial charge in [0.15, 0.2) is 0 Å². The molecule has 3 rings (SSSR count). The van der Waals surface area contributed by atoms with Crippen molar-refractivity contribution in [3.63, 3.8) is 0 Å². The summed E-state index contributed by atoms with van der Waals surface area (Å²) in [5.41, 5.74) is 1.13. The first-order valence-electron chi connectivity index (χ1n) is 5.89. The van der Waals surface area contributed by atoms with Gasteiger partial charge in [0.1, 0.15) is 5.56 Å². The molecule has 0 amide bonds. The Morgan fingerprint density at radius 1 is 1.50 bits per heavy atom. The minimum atomic E-state index is -1.17. The fraction of sp³-hybridized carbons (Fsp3) is 0.286. The van der Waals surface area contributed by atoms with E-state index in [0.717, 1.165) is 23.9 Å². The van der Waals surface area contributed by atoms with Gasteiger partial charge in [-0.15, -0.1) is 0 Å². The van der Waals surface area contributed by atoms with Gasteiger partial charge >= 0.3 is 5.97 Å². The van der Waals surface area contributed by atoms with E-state index in [-0.39, 0.29) is 5.56 Å². The molecule has 1 saturated carbocycles. The lowest BCUT2D eigenvalue weighted by molar-refractivity contribution is 0.0695. The number of carboxylic acid groups (broad SMARTS) is 1. The normalized spacial score (nSPS) is 14.9. The van der Waals surface area contributed by atoms with Crippen LogP contribution in [-0.2, 0) is 0 Å². The van der Waals surface area contributed by atoms with Crippen LogP contribution in [0.4, 0.5) is 0 Å². The second kappa shape index (κ2) is 3.70. The SMILES string of the molecule is Cc1[c]ccc2c(=O)c(C(=O)O)cn(C3CC3)c12. The summed E-state index contributed by atoms with van der Waals surface area (Å²) in [4.78, 5) is 23.2. The molecule has 4 nitrogen and oxygen atoms in total. The lowest BCUT2D eigenvalue weighted by Gasteiger charge is -2.13. The highest BCUT2D eigenvalue weighted by molar-refractivity contribution is 5.93. The first-order valence-corrected chi connectivity index (χ1v) is 5.89. The van der Waals surface area contributed by atoms with Crippen molar-refractivity contribution in [2.45, 2.75) is 25.8 Å². The average molecular weight is 242 g/mol. The van der Waals surface area contributed by atoms with Gasteiger partial charge in [0.2, 0.25) is 5.43 Å². The maximum Gasteiger partial charge on any atom is 0.341 e. The summed E-state index contributed by atoms with van der Waals surface area (Å²) in [7, 11) is 0. The second-order valence-corrected chi connectivity index (χ2v) is 4.68. The molecule has 91 valence electrons. The molecule has 18 heavy (non-hydrogen) atoms. The van der Waals surface area contributed by atoms with Crippen LogP contribution in [-0.4, -0.2) is 15.6 Å². The number of rotatable bonds is 2. The number of hydrogen-bond acceptors (Lipinski definition) is 2. The number of benzene rings is 1. The zero-order valence-electron chi connectivity index (χ0n) is 9.93. The van der Waals surface area contributed by atoms with Gasteiger partial charge in [0, 0.05) is 17.6 Å². The maximum atomic E-state index is 12.1. The summed E-state index contributed by atoms with van der Waals surface area (Å²) in [6.07, 6.45) is 3.54. The van der Waals surface area contributed by atoms with E-state index in [1.165, 1.54) is 6.20 Å². The highest BCUT2D eigenvalue weighted by Crippen LogP contribution is 2.37. The Labute approximate surface area is 103 Å². The van der Waals surface area contributed by atoms with Gasteiger partial charge in [0.25, 0.3) is 0 Å². The number of fused-ring (bicyclic) bond motifs is 1. The molecule has 0 saturated heterocycles. The largest absolute Gasteiger partial charge is 0.477 e. The molecule has 1 heterocycles. The molecule has 1 aliphatic carbocycles. The molecule has 0 spiro atoms. The summed E-state index contributed by atoms with van der Waals surface area (Å²) in [6.45, 7) is 1.89. The van der Waals surface area contributed by atoms with Crippen molar-refractivity contribution < 1.29 is 9.90 Å². The third-order valence-electron chi connectivity index (χ3n) is 3.35. The lowest BCUT2D eigenvalue weighted by Crippen LogP contribution is -2.19. The first kappa shape index (κ1) is 11.0. The second-order valence-electron chi connectivity index (χ2n) is 4.68. The minimum absolute atomic E-state index is 0.153. The van der Waals surface area contributed by atoms with Crippen LogP contribution in [0.15, 0.2) is 23.1 Å². The zero-order chi connectivity index (χ0) is 12.9. The lowest BCUT2D eigenvalue weighted by atomic mass is 10.1. The molecule has 1 aromatic carbocycles. The standard InChI is InChI=1S/C14H12NO3/c1-8-3-2-4-10-12(8)15(9-5-6-9)7-11(13(10)16)14(17)18/h2,4,7,9H,5-6H2,1H3,(H,17,18). The van der Waals surface area contributed by atoms with E-state index in [9.17, 15) is 9.59 Å². The molecule has 0 aliphatic heterocycles. The molecule has 1 aromatic heterocycles. The van der Waals surface area contributed by atoms with Crippen molar-refractivity contribution in [1.82, 2.24) is 4.57 Å².